The number of nitrogens with one attached hydrogen (secondary N) is 1. The van der Waals surface area contributed by atoms with Gasteiger partial charge in [-0.1, -0.05) is 48.0 Å². The number of rotatable bonds is 8. The zero-order valence-electron chi connectivity index (χ0n) is 26.1. The van der Waals surface area contributed by atoms with Crippen LogP contribution in [0.1, 0.15) is 55.3 Å². The van der Waals surface area contributed by atoms with Crippen molar-refractivity contribution in [1.82, 2.24) is 0 Å². The first-order valence-electron chi connectivity index (χ1n) is 15.5. The van der Waals surface area contributed by atoms with Crippen molar-refractivity contribution in [3.05, 3.63) is 152 Å². The van der Waals surface area contributed by atoms with Gasteiger partial charge in [0.2, 0.25) is 6.29 Å². The summed E-state index contributed by atoms with van der Waals surface area (Å²) in [5, 5.41) is 12.9. The minimum atomic E-state index is -0.884. The van der Waals surface area contributed by atoms with Crippen LogP contribution in [-0.2, 0) is 27.5 Å². The monoisotopic (exact) mass is 676 g/mol. The average Bonchev–Trinajstić information content (AvgIpc) is 3.35. The van der Waals surface area contributed by atoms with E-state index in [-0.39, 0.29) is 41.9 Å². The molecule has 2 atom stereocenters. The number of aliphatic hydroxyl groups excluding tert-OH is 1. The van der Waals surface area contributed by atoms with Crippen molar-refractivity contribution in [1.29, 1.82) is 0 Å². The summed E-state index contributed by atoms with van der Waals surface area (Å²) in [6, 6.07) is 23.6. The second-order valence-corrected chi connectivity index (χ2v) is 12.2. The fourth-order valence-corrected chi connectivity index (χ4v) is 6.19. The number of allylic oxidation sites excluding steroid dienone is 1. The minimum absolute atomic E-state index is 0.0524. The molecule has 11 heteroatoms. The number of amides is 3. The Balaban J connectivity index is 1.14. The van der Waals surface area contributed by atoms with Crippen molar-refractivity contribution in [3.63, 3.8) is 0 Å². The van der Waals surface area contributed by atoms with Crippen LogP contribution < -0.4 is 15.6 Å². The first-order valence-corrected chi connectivity index (χ1v) is 15.9. The predicted molar refractivity (Wildman–Crippen MR) is 182 cm³/mol. The molecule has 0 saturated carbocycles. The molecule has 0 spiro atoms. The second-order valence-electron chi connectivity index (χ2n) is 11.8. The summed E-state index contributed by atoms with van der Waals surface area (Å²) < 4.78 is 17.9. The number of carbonyl (C=O) groups is 3. The number of para-hydroxylation sites is 1. The summed E-state index contributed by atoms with van der Waals surface area (Å²) in [5.74, 6) is -2.15. The molecule has 2 aliphatic rings. The quantitative estimate of drug-likeness (QED) is 0.175. The molecule has 0 bridgehead atoms. The number of aliphatic hydroxyl groups is 1. The van der Waals surface area contributed by atoms with Crippen LogP contribution in [-0.4, -0.2) is 29.1 Å². The van der Waals surface area contributed by atoms with E-state index in [1.807, 2.05) is 12.1 Å². The smallest absolute Gasteiger partial charge is 0.290 e. The van der Waals surface area contributed by atoms with Crippen LogP contribution in [0, 0.1) is 6.92 Å². The Morgan fingerprint density at radius 3 is 2.49 bits per heavy atom. The molecule has 0 aliphatic carbocycles. The zero-order chi connectivity index (χ0) is 34.2. The summed E-state index contributed by atoms with van der Waals surface area (Å²) in [4.78, 5) is 54.5. The number of imide groups is 1. The Hall–Kier alpha value is -5.55. The largest absolute Gasteiger partial charge is 0.464 e. The molecule has 2 aliphatic heterocycles. The van der Waals surface area contributed by atoms with E-state index in [2.05, 4.69) is 5.32 Å². The second kappa shape index (κ2) is 13.2. The number of hydrogen-bond donors (Lipinski definition) is 2. The lowest BCUT2D eigenvalue weighted by atomic mass is 9.93. The van der Waals surface area contributed by atoms with Gasteiger partial charge in [-0.05, 0) is 78.2 Å². The van der Waals surface area contributed by atoms with E-state index in [1.165, 1.54) is 18.4 Å². The van der Waals surface area contributed by atoms with E-state index < -0.39 is 29.9 Å². The van der Waals surface area contributed by atoms with Gasteiger partial charge in [0.25, 0.3) is 17.7 Å². The molecular formula is C38H29ClN2O8. The third kappa shape index (κ3) is 6.25. The first kappa shape index (κ1) is 32.0. The molecule has 0 radical (unpaired) electrons. The summed E-state index contributed by atoms with van der Waals surface area (Å²) in [7, 11) is 0. The maximum atomic E-state index is 13.7. The Bertz CT molecular complexity index is 2230. The number of hydrogen-bond acceptors (Lipinski definition) is 8. The van der Waals surface area contributed by atoms with E-state index in [0.717, 1.165) is 16.0 Å². The van der Waals surface area contributed by atoms with Gasteiger partial charge in [0, 0.05) is 28.6 Å². The minimum Gasteiger partial charge on any atom is -0.464 e. The lowest BCUT2D eigenvalue weighted by Gasteiger charge is -2.29. The van der Waals surface area contributed by atoms with Gasteiger partial charge in [-0.25, -0.2) is 4.90 Å². The predicted octanol–water partition coefficient (Wildman–Crippen LogP) is 6.62. The number of carbonyl (C=O) groups excluding carboxylic acids is 3. The summed E-state index contributed by atoms with van der Waals surface area (Å²) in [6.45, 7) is 1.81. The highest BCUT2D eigenvalue weighted by Gasteiger charge is 2.37. The number of benzene rings is 4. The lowest BCUT2D eigenvalue weighted by Crippen LogP contribution is -2.31. The molecule has 246 valence electrons. The first-order chi connectivity index (χ1) is 23.7. The molecule has 1 aromatic heterocycles. The molecule has 49 heavy (non-hydrogen) atoms. The molecule has 3 amide bonds. The Morgan fingerprint density at radius 2 is 1.71 bits per heavy atom. The fraction of sp³-hybridized carbons (Fsp3) is 0.158. The molecular weight excluding hydrogens is 648 g/mol. The Labute approximate surface area is 285 Å². The highest BCUT2D eigenvalue weighted by Crippen LogP contribution is 2.35. The number of ether oxygens (including phenoxy) is 2. The normalized spacial score (nSPS) is 17.1. The van der Waals surface area contributed by atoms with Crippen LogP contribution >= 0.6 is 11.6 Å². The number of nitrogens with zero attached hydrogens (tertiary/aromatic N) is 1. The fourth-order valence-electron chi connectivity index (χ4n) is 6.02. The van der Waals surface area contributed by atoms with Crippen LogP contribution in [0.15, 0.2) is 112 Å². The van der Waals surface area contributed by atoms with Crippen molar-refractivity contribution in [2.24, 2.45) is 0 Å². The maximum Gasteiger partial charge on any atom is 0.290 e. The van der Waals surface area contributed by atoms with Gasteiger partial charge in [0.15, 0.2) is 11.2 Å². The summed E-state index contributed by atoms with van der Waals surface area (Å²) in [6.07, 6.45) is 2.35. The molecule has 2 N–H and O–H groups in total. The molecule has 10 nitrogen and oxygen atoms in total. The van der Waals surface area contributed by atoms with E-state index in [1.54, 1.807) is 73.7 Å². The van der Waals surface area contributed by atoms with Gasteiger partial charge in [-0.3, -0.25) is 19.2 Å². The highest BCUT2D eigenvalue weighted by atomic mass is 35.5. The van der Waals surface area contributed by atoms with Crippen LogP contribution in [0.2, 0.25) is 5.02 Å². The van der Waals surface area contributed by atoms with Crippen LogP contribution in [0.4, 0.5) is 11.4 Å². The molecule has 4 aromatic carbocycles. The number of aryl methyl sites for hydroxylation is 1. The van der Waals surface area contributed by atoms with Crippen molar-refractivity contribution in [2.75, 3.05) is 10.2 Å². The van der Waals surface area contributed by atoms with Gasteiger partial charge in [-0.15, -0.1) is 0 Å². The third-order valence-electron chi connectivity index (χ3n) is 8.57. The highest BCUT2D eigenvalue weighted by molar-refractivity contribution is 6.37. The Kier molecular flexibility index (Phi) is 8.60. The number of halogens is 1. The number of fused-ring (bicyclic) bond motifs is 2. The maximum absolute atomic E-state index is 13.7. The average molecular weight is 677 g/mol. The summed E-state index contributed by atoms with van der Waals surface area (Å²) in [5.41, 5.74) is 4.01. The van der Waals surface area contributed by atoms with Gasteiger partial charge < -0.3 is 24.3 Å². The van der Waals surface area contributed by atoms with E-state index in [0.29, 0.717) is 38.5 Å². The molecule has 7 rings (SSSR count). The van der Waals surface area contributed by atoms with Gasteiger partial charge in [-0.2, -0.15) is 0 Å². The van der Waals surface area contributed by atoms with Gasteiger partial charge >= 0.3 is 0 Å². The van der Waals surface area contributed by atoms with Crippen molar-refractivity contribution in [3.8, 4) is 0 Å². The van der Waals surface area contributed by atoms with E-state index >= 15 is 0 Å². The van der Waals surface area contributed by atoms with Crippen LogP contribution in [0.3, 0.4) is 0 Å². The molecule has 0 fully saturated rings. The topological polar surface area (TPSA) is 135 Å². The molecule has 3 heterocycles. The van der Waals surface area contributed by atoms with Crippen LogP contribution in [0.5, 0.6) is 0 Å². The van der Waals surface area contributed by atoms with Gasteiger partial charge in [0.1, 0.15) is 5.58 Å². The van der Waals surface area contributed by atoms with Crippen molar-refractivity contribution < 1.29 is 33.4 Å². The summed E-state index contributed by atoms with van der Waals surface area (Å²) >= 11 is 6.06. The van der Waals surface area contributed by atoms with Crippen molar-refractivity contribution in [2.45, 2.75) is 38.8 Å². The van der Waals surface area contributed by atoms with Gasteiger partial charge in [0.05, 0.1) is 41.7 Å². The van der Waals surface area contributed by atoms with E-state index in [9.17, 15) is 24.3 Å². The standard InChI is InChI=1S/C38H29ClN2O8/c1-21-14-26(11-13-31(21)41-37(45)27-12-10-25(39)17-29(27)38(41)46)40-36(44)33-15-24(30-20-47-32-5-3-2-4-28(32)35(30)43)16-34(49-33)48-19-23-8-6-22(18-42)7-9-23/h2-15,17,20,24,34,42H,16,18-19H2,1H3,(H,40,44)/t24-,34+/m0/s1. The third-order valence-corrected chi connectivity index (χ3v) is 8.81. The van der Waals surface area contributed by atoms with Crippen LogP contribution in [0.25, 0.3) is 11.0 Å². The van der Waals surface area contributed by atoms with E-state index in [4.69, 9.17) is 25.5 Å². The molecule has 5 aromatic rings. The molecule has 0 unspecified atom stereocenters. The SMILES string of the molecule is Cc1cc(NC(=O)C2=C[C@H](c3coc4ccccc4c3=O)C[C@H](OCc3ccc(CO)cc3)O2)ccc1N1C(=O)c2ccc(Cl)cc2C1=O. The Morgan fingerprint density at radius 1 is 0.959 bits per heavy atom. The lowest BCUT2D eigenvalue weighted by molar-refractivity contribution is -0.147. The zero-order valence-corrected chi connectivity index (χ0v) is 26.9. The van der Waals surface area contributed by atoms with Crippen molar-refractivity contribution >= 4 is 51.7 Å². The number of anilines is 2. The molecule has 0 saturated heterocycles.